The number of hydrazone groups is 1. The summed E-state index contributed by atoms with van der Waals surface area (Å²) in [6.07, 6.45) is 3.22. The first-order chi connectivity index (χ1) is 11.8. The maximum Gasteiger partial charge on any atom is 0.349 e. The minimum Gasteiger partial charge on any atom is -0.422 e. The molecule has 130 valence electrons. The third kappa shape index (κ3) is 2.25. The highest BCUT2D eigenvalue weighted by Crippen LogP contribution is 2.63. The van der Waals surface area contributed by atoms with Gasteiger partial charge in [-0.3, -0.25) is 4.79 Å². The molecule has 1 heterocycles. The highest BCUT2D eigenvalue weighted by Gasteiger charge is 2.60. The van der Waals surface area contributed by atoms with E-state index in [0.717, 1.165) is 18.6 Å². The van der Waals surface area contributed by atoms with Gasteiger partial charge in [0, 0.05) is 16.5 Å². The van der Waals surface area contributed by atoms with Gasteiger partial charge in [-0.25, -0.2) is 10.2 Å². The second-order valence-electron chi connectivity index (χ2n) is 7.98. The second kappa shape index (κ2) is 5.28. The first-order valence-corrected chi connectivity index (χ1v) is 8.73. The molecule has 5 heteroatoms. The van der Waals surface area contributed by atoms with Gasteiger partial charge in [-0.15, -0.1) is 0 Å². The van der Waals surface area contributed by atoms with Crippen molar-refractivity contribution in [2.75, 3.05) is 0 Å². The maximum atomic E-state index is 12.5. The van der Waals surface area contributed by atoms with Gasteiger partial charge < -0.3 is 4.42 Å². The highest BCUT2D eigenvalue weighted by molar-refractivity contribution is 5.99. The van der Waals surface area contributed by atoms with Crippen molar-refractivity contribution < 1.29 is 9.21 Å². The molecule has 2 aromatic rings. The molecule has 5 nitrogen and oxygen atoms in total. The van der Waals surface area contributed by atoms with Gasteiger partial charge in [0.2, 0.25) is 0 Å². The molecule has 2 aliphatic carbocycles. The molecule has 0 aliphatic heterocycles. The quantitative estimate of drug-likeness (QED) is 0.670. The van der Waals surface area contributed by atoms with Crippen molar-refractivity contribution in [3.63, 3.8) is 0 Å². The molecule has 1 aromatic heterocycles. The zero-order valence-corrected chi connectivity index (χ0v) is 14.8. The van der Waals surface area contributed by atoms with E-state index in [2.05, 4.69) is 31.3 Å². The molecule has 2 saturated carbocycles. The summed E-state index contributed by atoms with van der Waals surface area (Å²) in [5.74, 6) is 0.0927. The lowest BCUT2D eigenvalue weighted by molar-refractivity contribution is 0.0950. The van der Waals surface area contributed by atoms with Gasteiger partial charge in [-0.2, -0.15) is 5.10 Å². The number of amides is 1. The zero-order valence-electron chi connectivity index (χ0n) is 14.8. The largest absolute Gasteiger partial charge is 0.422 e. The number of para-hydroxylation sites is 1. The lowest BCUT2D eigenvalue weighted by atomic mass is 9.70. The van der Waals surface area contributed by atoms with E-state index < -0.39 is 11.5 Å². The van der Waals surface area contributed by atoms with Gasteiger partial charge >= 0.3 is 5.63 Å². The minimum absolute atomic E-state index is 0.0129. The van der Waals surface area contributed by atoms with Crippen LogP contribution in [0, 0.1) is 16.7 Å². The van der Waals surface area contributed by atoms with Crippen molar-refractivity contribution in [3.8, 4) is 0 Å². The molecule has 1 amide bonds. The molecule has 0 unspecified atom stereocenters. The summed E-state index contributed by atoms with van der Waals surface area (Å²) in [5.41, 5.74) is 3.63. The number of fused-ring (bicyclic) bond motifs is 3. The van der Waals surface area contributed by atoms with E-state index in [1.807, 2.05) is 6.07 Å². The van der Waals surface area contributed by atoms with Gasteiger partial charge in [-0.05, 0) is 42.7 Å². The minimum atomic E-state index is -0.643. The summed E-state index contributed by atoms with van der Waals surface area (Å²) in [7, 11) is 0. The lowest BCUT2D eigenvalue weighted by Gasteiger charge is -2.34. The Morgan fingerprint density at radius 1 is 1.28 bits per heavy atom. The predicted octanol–water partition coefficient (Wildman–Crippen LogP) is 3.73. The third-order valence-corrected chi connectivity index (χ3v) is 6.69. The Labute approximate surface area is 146 Å². The fraction of sp³-hybridized carbons (Fsp3) is 0.450. The fourth-order valence-corrected chi connectivity index (χ4v) is 4.50. The third-order valence-electron chi connectivity index (χ3n) is 6.69. The first kappa shape index (κ1) is 16.1. The van der Waals surface area contributed by atoms with Crippen LogP contribution in [0.25, 0.3) is 11.0 Å². The van der Waals surface area contributed by atoms with Gasteiger partial charge in [0.1, 0.15) is 11.1 Å². The van der Waals surface area contributed by atoms with Crippen LogP contribution in [0.1, 0.15) is 50.4 Å². The van der Waals surface area contributed by atoms with Crippen LogP contribution in [-0.4, -0.2) is 11.6 Å². The molecule has 2 atom stereocenters. The van der Waals surface area contributed by atoms with Crippen molar-refractivity contribution in [1.29, 1.82) is 0 Å². The molecule has 1 N–H and O–H groups in total. The second-order valence-corrected chi connectivity index (χ2v) is 7.98. The molecule has 2 bridgehead atoms. The average Bonchev–Trinajstić information content (AvgIpc) is 2.92. The Hall–Kier alpha value is -2.43. The fourth-order valence-electron chi connectivity index (χ4n) is 4.50. The molecule has 2 fully saturated rings. The molecule has 1 aromatic carbocycles. The van der Waals surface area contributed by atoms with E-state index in [1.165, 1.54) is 6.42 Å². The number of carbonyl (C=O) groups is 1. The molecular formula is C20H22N2O3. The molecule has 0 saturated heterocycles. The Morgan fingerprint density at radius 2 is 2.04 bits per heavy atom. The number of nitrogens with zero attached hydrogens (tertiary/aromatic N) is 1. The van der Waals surface area contributed by atoms with Crippen LogP contribution in [0.5, 0.6) is 0 Å². The number of hydrogen-bond acceptors (Lipinski definition) is 4. The van der Waals surface area contributed by atoms with Crippen LogP contribution >= 0.6 is 0 Å². The van der Waals surface area contributed by atoms with Crippen LogP contribution in [0.2, 0.25) is 0 Å². The van der Waals surface area contributed by atoms with E-state index in [0.29, 0.717) is 16.9 Å². The van der Waals surface area contributed by atoms with Crippen LogP contribution in [0.15, 0.2) is 44.6 Å². The molecular weight excluding hydrogens is 316 g/mol. The van der Waals surface area contributed by atoms with E-state index in [1.54, 1.807) is 24.3 Å². The Bertz CT molecular complexity index is 957. The van der Waals surface area contributed by atoms with Crippen LogP contribution in [-0.2, 0) is 0 Å². The van der Waals surface area contributed by atoms with E-state index in [4.69, 9.17) is 4.42 Å². The van der Waals surface area contributed by atoms with Crippen molar-refractivity contribution in [1.82, 2.24) is 5.43 Å². The molecule has 25 heavy (non-hydrogen) atoms. The maximum absolute atomic E-state index is 12.5. The summed E-state index contributed by atoms with van der Waals surface area (Å²) < 4.78 is 5.22. The van der Waals surface area contributed by atoms with Crippen LogP contribution < -0.4 is 11.1 Å². The highest BCUT2D eigenvalue weighted by atomic mass is 16.4. The molecule has 2 aliphatic rings. The average molecular weight is 338 g/mol. The van der Waals surface area contributed by atoms with Gasteiger partial charge in [0.15, 0.2) is 0 Å². The summed E-state index contributed by atoms with van der Waals surface area (Å²) in [6.45, 7) is 6.80. The van der Waals surface area contributed by atoms with Crippen LogP contribution in [0.3, 0.4) is 0 Å². The normalized spacial score (nSPS) is 28.6. The van der Waals surface area contributed by atoms with Gasteiger partial charge in [0.25, 0.3) is 5.91 Å². The summed E-state index contributed by atoms with van der Waals surface area (Å²) in [4.78, 5) is 24.5. The summed E-state index contributed by atoms with van der Waals surface area (Å²) >= 11 is 0. The Balaban J connectivity index is 1.62. The molecule has 0 spiro atoms. The molecule has 0 radical (unpaired) electrons. The van der Waals surface area contributed by atoms with Crippen molar-refractivity contribution in [3.05, 3.63) is 46.3 Å². The van der Waals surface area contributed by atoms with E-state index in [-0.39, 0.29) is 16.4 Å². The number of benzene rings is 1. The van der Waals surface area contributed by atoms with E-state index in [9.17, 15) is 9.59 Å². The van der Waals surface area contributed by atoms with Crippen LogP contribution in [0.4, 0.5) is 0 Å². The monoisotopic (exact) mass is 338 g/mol. The van der Waals surface area contributed by atoms with Crippen molar-refractivity contribution in [2.24, 2.45) is 21.8 Å². The van der Waals surface area contributed by atoms with E-state index >= 15 is 0 Å². The van der Waals surface area contributed by atoms with Crippen molar-refractivity contribution >= 4 is 22.6 Å². The van der Waals surface area contributed by atoms with Gasteiger partial charge in [0.05, 0.1) is 0 Å². The zero-order chi connectivity index (χ0) is 17.8. The predicted molar refractivity (Wildman–Crippen MR) is 96.6 cm³/mol. The topological polar surface area (TPSA) is 71.7 Å². The Kier molecular flexibility index (Phi) is 3.39. The Morgan fingerprint density at radius 3 is 2.72 bits per heavy atom. The number of rotatable bonds is 2. The number of hydrogen-bond donors (Lipinski definition) is 1. The number of nitrogens with one attached hydrogen (secondary N) is 1. The van der Waals surface area contributed by atoms with Crippen molar-refractivity contribution in [2.45, 2.75) is 40.0 Å². The lowest BCUT2D eigenvalue weighted by Crippen LogP contribution is -2.34. The smallest absolute Gasteiger partial charge is 0.349 e. The molecule has 4 rings (SSSR count). The summed E-state index contributed by atoms with van der Waals surface area (Å²) in [5, 5.41) is 5.12. The first-order valence-electron chi connectivity index (χ1n) is 8.73. The SMILES string of the molecule is CC1(C)[C@H]2CC[C@]1(C)/C(=N/NC(=O)c1cc3ccccc3oc1=O)C2. The summed E-state index contributed by atoms with van der Waals surface area (Å²) in [6, 6.07) is 8.69. The van der Waals surface area contributed by atoms with Gasteiger partial charge in [-0.1, -0.05) is 39.0 Å². The standard InChI is InChI=1S/C20H22N2O3/c1-19(2)13-8-9-20(19,3)16(11-13)21-22-17(23)14-10-12-6-4-5-7-15(12)25-18(14)24/h4-7,10,13H,8-9,11H2,1-3H3,(H,22,23)/b21-16+/t13-,20+/m0/s1. The number of carbonyl (C=O) groups excluding carboxylic acids is 1.